The molecule has 0 aliphatic carbocycles. The fourth-order valence-electron chi connectivity index (χ4n) is 2.34. The number of halogens is 1. The van der Waals surface area contributed by atoms with Gasteiger partial charge in [0.15, 0.2) is 5.96 Å². The fraction of sp³-hybridized carbons (Fsp3) is 0.400. The van der Waals surface area contributed by atoms with E-state index in [4.69, 9.17) is 9.15 Å². The standard InChI is InChI=1S/C20H28N4O3.HI/c1-24(2)19(25)15-23-20(22-13-11-18-5-4-14-27-18)21-12-10-16-6-8-17(26-3)9-7-16;/h4-9,14H,10-13,15H2,1-3H3,(H2,21,22,23);1H. The molecule has 0 bridgehead atoms. The Hall–Kier alpha value is -2.23. The van der Waals surface area contributed by atoms with Crippen LogP contribution in [0.1, 0.15) is 11.3 Å². The topological polar surface area (TPSA) is 79.1 Å². The molecule has 0 saturated carbocycles. The minimum absolute atomic E-state index is 0. The second-order valence-electron chi connectivity index (χ2n) is 6.23. The average molecular weight is 500 g/mol. The highest BCUT2D eigenvalue weighted by molar-refractivity contribution is 14.0. The fourth-order valence-corrected chi connectivity index (χ4v) is 2.34. The van der Waals surface area contributed by atoms with Crippen molar-refractivity contribution in [2.24, 2.45) is 4.99 Å². The Bertz CT molecular complexity index is 716. The van der Waals surface area contributed by atoms with E-state index in [1.165, 1.54) is 10.5 Å². The van der Waals surface area contributed by atoms with Crippen LogP contribution in [0.2, 0.25) is 0 Å². The average Bonchev–Trinajstić information content (AvgIpc) is 3.19. The molecule has 1 aromatic heterocycles. The third kappa shape index (κ3) is 8.64. The van der Waals surface area contributed by atoms with Crippen molar-refractivity contribution in [1.29, 1.82) is 0 Å². The van der Waals surface area contributed by atoms with Crippen LogP contribution in [-0.4, -0.2) is 57.6 Å². The number of nitrogens with one attached hydrogen (secondary N) is 2. The molecule has 1 aromatic carbocycles. The maximum atomic E-state index is 11.8. The zero-order valence-corrected chi connectivity index (χ0v) is 18.9. The Kier molecular flexibility index (Phi) is 11.1. The van der Waals surface area contributed by atoms with Gasteiger partial charge in [0, 0.05) is 33.6 Å². The molecule has 1 amide bonds. The van der Waals surface area contributed by atoms with E-state index < -0.39 is 0 Å². The number of aliphatic imine (C=N–C) groups is 1. The molecule has 8 heteroatoms. The lowest BCUT2D eigenvalue weighted by atomic mass is 10.1. The molecule has 0 spiro atoms. The van der Waals surface area contributed by atoms with Crippen molar-refractivity contribution >= 4 is 35.8 Å². The number of amides is 1. The first-order valence-corrected chi connectivity index (χ1v) is 8.96. The molecule has 0 radical (unpaired) electrons. The van der Waals surface area contributed by atoms with Gasteiger partial charge < -0.3 is 24.7 Å². The molecule has 0 atom stereocenters. The Morgan fingerprint density at radius 1 is 1.11 bits per heavy atom. The molecular formula is C20H29IN4O3. The van der Waals surface area contributed by atoms with Gasteiger partial charge in [-0.2, -0.15) is 0 Å². The van der Waals surface area contributed by atoms with Crippen molar-refractivity contribution in [2.45, 2.75) is 12.8 Å². The lowest BCUT2D eigenvalue weighted by molar-refractivity contribution is -0.127. The lowest BCUT2D eigenvalue weighted by Gasteiger charge is -2.13. The predicted octanol–water partition coefficient (Wildman–Crippen LogP) is 2.31. The second kappa shape index (κ2) is 13.0. The van der Waals surface area contributed by atoms with Gasteiger partial charge in [-0.15, -0.1) is 24.0 Å². The number of guanidine groups is 1. The monoisotopic (exact) mass is 500 g/mol. The first-order chi connectivity index (χ1) is 13.1. The van der Waals surface area contributed by atoms with Crippen LogP contribution in [0.3, 0.4) is 0 Å². The molecule has 0 unspecified atom stereocenters. The van der Waals surface area contributed by atoms with Gasteiger partial charge >= 0.3 is 0 Å². The van der Waals surface area contributed by atoms with Gasteiger partial charge in [-0.1, -0.05) is 12.1 Å². The summed E-state index contributed by atoms with van der Waals surface area (Å²) in [6.45, 7) is 1.47. The number of hydrogen-bond acceptors (Lipinski definition) is 4. The molecule has 7 nitrogen and oxygen atoms in total. The smallest absolute Gasteiger partial charge is 0.243 e. The largest absolute Gasteiger partial charge is 0.497 e. The Labute approximate surface area is 183 Å². The van der Waals surface area contributed by atoms with Crippen molar-refractivity contribution in [1.82, 2.24) is 15.5 Å². The number of furan rings is 1. The summed E-state index contributed by atoms with van der Waals surface area (Å²) < 4.78 is 10.5. The molecule has 2 N–H and O–H groups in total. The number of hydrogen-bond donors (Lipinski definition) is 2. The van der Waals surface area contributed by atoms with Crippen molar-refractivity contribution < 1.29 is 13.9 Å². The highest BCUT2D eigenvalue weighted by atomic mass is 127. The Balaban J connectivity index is 0.00000392. The zero-order chi connectivity index (χ0) is 19.5. The van der Waals surface area contributed by atoms with Crippen LogP contribution in [0.4, 0.5) is 0 Å². The van der Waals surface area contributed by atoms with Gasteiger partial charge in [0.2, 0.25) is 5.91 Å². The zero-order valence-electron chi connectivity index (χ0n) is 16.6. The normalized spacial score (nSPS) is 10.8. The number of ether oxygens (including phenoxy) is 1. The Morgan fingerprint density at radius 3 is 2.36 bits per heavy atom. The SMILES string of the molecule is COc1ccc(CCNC(=NCC(=O)N(C)C)NCCc2ccco2)cc1.I. The molecule has 154 valence electrons. The minimum Gasteiger partial charge on any atom is -0.497 e. The Morgan fingerprint density at radius 2 is 1.79 bits per heavy atom. The van der Waals surface area contributed by atoms with Crippen LogP contribution in [-0.2, 0) is 17.6 Å². The number of methoxy groups -OCH3 is 1. The maximum Gasteiger partial charge on any atom is 0.243 e. The maximum absolute atomic E-state index is 11.8. The van der Waals surface area contributed by atoms with Gasteiger partial charge in [0.1, 0.15) is 18.1 Å². The van der Waals surface area contributed by atoms with Gasteiger partial charge in [0.05, 0.1) is 13.4 Å². The molecule has 0 saturated heterocycles. The molecule has 1 heterocycles. The van der Waals surface area contributed by atoms with E-state index in [2.05, 4.69) is 15.6 Å². The number of carbonyl (C=O) groups is 1. The van der Waals surface area contributed by atoms with Gasteiger partial charge in [0.25, 0.3) is 0 Å². The van der Waals surface area contributed by atoms with E-state index in [1.807, 2.05) is 36.4 Å². The first kappa shape index (κ1) is 23.8. The highest BCUT2D eigenvalue weighted by Crippen LogP contribution is 2.11. The highest BCUT2D eigenvalue weighted by Gasteiger charge is 2.05. The van der Waals surface area contributed by atoms with E-state index in [-0.39, 0.29) is 36.4 Å². The summed E-state index contributed by atoms with van der Waals surface area (Å²) in [4.78, 5) is 17.7. The third-order valence-corrected chi connectivity index (χ3v) is 3.98. The summed E-state index contributed by atoms with van der Waals surface area (Å²) >= 11 is 0. The summed E-state index contributed by atoms with van der Waals surface area (Å²) in [5.41, 5.74) is 1.20. The molecule has 0 fully saturated rings. The third-order valence-electron chi connectivity index (χ3n) is 3.98. The van der Waals surface area contributed by atoms with E-state index in [0.717, 1.165) is 24.4 Å². The van der Waals surface area contributed by atoms with Crippen LogP contribution in [0, 0.1) is 0 Å². The number of likely N-dealkylation sites (N-methyl/N-ethyl adjacent to an activating group) is 1. The number of benzene rings is 1. The summed E-state index contributed by atoms with van der Waals surface area (Å²) in [6.07, 6.45) is 3.24. The van der Waals surface area contributed by atoms with Crippen LogP contribution in [0.25, 0.3) is 0 Å². The van der Waals surface area contributed by atoms with Gasteiger partial charge in [-0.05, 0) is 36.2 Å². The number of rotatable bonds is 9. The van der Waals surface area contributed by atoms with E-state index in [0.29, 0.717) is 19.0 Å². The summed E-state index contributed by atoms with van der Waals surface area (Å²) in [5.74, 6) is 2.32. The summed E-state index contributed by atoms with van der Waals surface area (Å²) in [6, 6.07) is 11.8. The minimum atomic E-state index is -0.0442. The van der Waals surface area contributed by atoms with E-state index >= 15 is 0 Å². The van der Waals surface area contributed by atoms with Gasteiger partial charge in [-0.25, -0.2) is 4.99 Å². The quantitative estimate of drug-likeness (QED) is 0.314. The van der Waals surface area contributed by atoms with Crippen LogP contribution in [0.5, 0.6) is 5.75 Å². The number of nitrogens with zero attached hydrogens (tertiary/aromatic N) is 2. The van der Waals surface area contributed by atoms with Crippen LogP contribution >= 0.6 is 24.0 Å². The second-order valence-corrected chi connectivity index (χ2v) is 6.23. The first-order valence-electron chi connectivity index (χ1n) is 8.96. The summed E-state index contributed by atoms with van der Waals surface area (Å²) in [7, 11) is 5.10. The molecule has 2 aromatic rings. The van der Waals surface area contributed by atoms with Crippen molar-refractivity contribution in [2.75, 3.05) is 40.8 Å². The van der Waals surface area contributed by atoms with Crippen LogP contribution < -0.4 is 15.4 Å². The van der Waals surface area contributed by atoms with Crippen LogP contribution in [0.15, 0.2) is 52.1 Å². The van der Waals surface area contributed by atoms with Crippen molar-refractivity contribution in [3.05, 3.63) is 54.0 Å². The molecule has 0 aliphatic heterocycles. The van der Waals surface area contributed by atoms with E-state index in [9.17, 15) is 4.79 Å². The predicted molar refractivity (Wildman–Crippen MR) is 122 cm³/mol. The molecular weight excluding hydrogens is 471 g/mol. The van der Waals surface area contributed by atoms with Crippen molar-refractivity contribution in [3.63, 3.8) is 0 Å². The molecule has 0 aliphatic rings. The van der Waals surface area contributed by atoms with Crippen molar-refractivity contribution in [3.8, 4) is 5.75 Å². The molecule has 2 rings (SSSR count). The molecule has 28 heavy (non-hydrogen) atoms. The summed E-state index contributed by atoms with van der Waals surface area (Å²) in [5, 5.41) is 6.52. The van der Waals surface area contributed by atoms with E-state index in [1.54, 1.807) is 27.5 Å². The number of carbonyl (C=O) groups excluding carboxylic acids is 1. The lowest BCUT2D eigenvalue weighted by Crippen LogP contribution is -2.40. The van der Waals surface area contributed by atoms with Gasteiger partial charge in [-0.3, -0.25) is 4.79 Å².